The third-order valence-electron chi connectivity index (χ3n) is 8.73. The summed E-state index contributed by atoms with van der Waals surface area (Å²) in [4.78, 5) is 0.749. The van der Waals surface area contributed by atoms with Crippen LogP contribution in [-0.2, 0) is 23.6 Å². The van der Waals surface area contributed by atoms with Crippen molar-refractivity contribution < 1.29 is 18.1 Å². The summed E-state index contributed by atoms with van der Waals surface area (Å²) >= 11 is 0. The Labute approximate surface area is 214 Å². The predicted octanol–water partition coefficient (Wildman–Crippen LogP) is 6.86. The van der Waals surface area contributed by atoms with Gasteiger partial charge in [0.2, 0.25) is 0 Å². The first-order valence-corrected chi connectivity index (χ1v) is 17.5. The Balaban J connectivity index is 1.63. The maximum Gasteiger partial charge on any atom is 0.192 e. The van der Waals surface area contributed by atoms with Crippen molar-refractivity contribution in [3.63, 3.8) is 0 Å². The second-order valence-electron chi connectivity index (χ2n) is 13.1. The van der Waals surface area contributed by atoms with E-state index in [2.05, 4.69) is 58.2 Å². The number of benzene rings is 1. The fraction of sp³-hybridized carbons (Fsp3) is 0.714. The van der Waals surface area contributed by atoms with Crippen molar-refractivity contribution in [3.8, 4) is 0 Å². The Morgan fingerprint density at radius 1 is 1.11 bits per heavy atom. The van der Waals surface area contributed by atoms with Crippen LogP contribution in [0.4, 0.5) is 0 Å². The molecule has 3 aliphatic rings. The van der Waals surface area contributed by atoms with Gasteiger partial charge >= 0.3 is 0 Å². The summed E-state index contributed by atoms with van der Waals surface area (Å²) in [6.45, 7) is 17.4. The number of hydrogen-bond acceptors (Lipinski definition) is 5. The normalized spacial score (nSPS) is 32.0. The highest BCUT2D eigenvalue weighted by Gasteiger charge is 2.58. The van der Waals surface area contributed by atoms with E-state index >= 15 is 0 Å². The molecule has 0 radical (unpaired) electrons. The van der Waals surface area contributed by atoms with Crippen LogP contribution < -0.4 is 0 Å². The fourth-order valence-corrected chi connectivity index (χ4v) is 8.37. The largest absolute Gasteiger partial charge is 0.413 e. The molecule has 5 nitrogen and oxygen atoms in total. The lowest BCUT2D eigenvalue weighted by molar-refractivity contribution is -0.298. The van der Waals surface area contributed by atoms with E-state index in [4.69, 9.17) is 13.9 Å². The minimum absolute atomic E-state index is 0.0556. The zero-order chi connectivity index (χ0) is 25.7. The topological polar surface area (TPSA) is 57.1 Å². The highest BCUT2D eigenvalue weighted by atomic mass is 32.2. The van der Waals surface area contributed by atoms with E-state index in [0.29, 0.717) is 11.8 Å². The average molecular weight is 520 g/mol. The molecule has 2 saturated carbocycles. The lowest BCUT2D eigenvalue weighted by Gasteiger charge is -2.43. The lowest BCUT2D eigenvalue weighted by atomic mass is 9.90. The Hall–Kier alpha value is -0.993. The van der Waals surface area contributed by atoms with Gasteiger partial charge in [-0.3, -0.25) is 0 Å². The van der Waals surface area contributed by atoms with Crippen LogP contribution in [0.3, 0.4) is 0 Å². The van der Waals surface area contributed by atoms with Crippen molar-refractivity contribution in [3.05, 3.63) is 41.8 Å². The van der Waals surface area contributed by atoms with Crippen molar-refractivity contribution in [1.29, 1.82) is 0 Å². The van der Waals surface area contributed by atoms with E-state index in [9.17, 15) is 4.21 Å². The lowest BCUT2D eigenvalue weighted by Crippen LogP contribution is -2.47. The number of nitrogens with zero attached hydrogens (tertiary/aromatic N) is 1. The van der Waals surface area contributed by atoms with E-state index in [1.54, 1.807) is 7.05 Å². The van der Waals surface area contributed by atoms with Gasteiger partial charge in [0.25, 0.3) is 0 Å². The first kappa shape index (κ1) is 27.1. The molecular formula is C28H45NO4SSi. The van der Waals surface area contributed by atoms with Crippen LogP contribution in [0.15, 0.2) is 51.1 Å². The Bertz CT molecular complexity index is 1040. The van der Waals surface area contributed by atoms with Gasteiger partial charge in [-0.15, -0.1) is 0 Å². The molecule has 1 aromatic carbocycles. The maximum absolute atomic E-state index is 13.8. The van der Waals surface area contributed by atoms with Gasteiger partial charge in [-0.05, 0) is 48.5 Å². The maximum atomic E-state index is 13.8. The minimum atomic E-state index is -2.63. The van der Waals surface area contributed by atoms with E-state index < -0.39 is 23.8 Å². The summed E-state index contributed by atoms with van der Waals surface area (Å²) in [6.07, 6.45) is 5.07. The SMILES string of the molecule is CN=[S@@](=O)(/C=C/[C@@H]1[C@H]2CC3(C[C@H]2C[C@H]1O[Si](C)(C)C(C)(C)C)OCC(C)(C)CO3)c1ccccc1. The summed E-state index contributed by atoms with van der Waals surface area (Å²) in [5.74, 6) is 0.557. The van der Waals surface area contributed by atoms with Crippen LogP contribution in [0.1, 0.15) is 53.9 Å². The standard InChI is InChI=1S/C28H45NO4SSi/c1-26(2,3)35(7,8)33-25-16-21-17-28(31-19-27(4,5)20-32-28)18-24(21)23(25)14-15-34(30,29-6)22-12-10-9-11-13-22/h9-15,21,23-25H,16-20H2,1-8H3/b15-14+/t21-,23-,24+,25-,34-/m1/s1. The summed E-state index contributed by atoms with van der Waals surface area (Å²) in [5.41, 5.74) is 0.0556. The van der Waals surface area contributed by atoms with Gasteiger partial charge in [-0.1, -0.05) is 58.9 Å². The number of rotatable bonds is 5. The third kappa shape index (κ3) is 5.49. The van der Waals surface area contributed by atoms with Gasteiger partial charge in [0, 0.05) is 36.6 Å². The highest BCUT2D eigenvalue weighted by Crippen LogP contribution is 2.57. The van der Waals surface area contributed by atoms with Gasteiger partial charge in [-0.2, -0.15) is 0 Å². The Morgan fingerprint density at radius 2 is 1.74 bits per heavy atom. The molecule has 1 aliphatic heterocycles. The van der Waals surface area contributed by atoms with Crippen LogP contribution in [0.2, 0.25) is 18.1 Å². The number of ether oxygens (including phenoxy) is 2. The molecule has 1 heterocycles. The van der Waals surface area contributed by atoms with Crippen molar-refractivity contribution in [1.82, 2.24) is 0 Å². The van der Waals surface area contributed by atoms with Crippen LogP contribution in [0, 0.1) is 23.2 Å². The molecule has 3 fully saturated rings. The van der Waals surface area contributed by atoms with E-state index in [1.165, 1.54) is 0 Å². The zero-order valence-electron chi connectivity index (χ0n) is 22.9. The monoisotopic (exact) mass is 519 g/mol. The molecule has 0 bridgehead atoms. The molecule has 0 N–H and O–H groups in total. The summed E-state index contributed by atoms with van der Waals surface area (Å²) in [7, 11) is -2.94. The van der Waals surface area contributed by atoms with Gasteiger partial charge < -0.3 is 13.9 Å². The molecule has 1 aromatic rings. The quantitative estimate of drug-likeness (QED) is 0.399. The summed E-state index contributed by atoms with van der Waals surface area (Å²) in [6, 6.07) is 9.58. The van der Waals surface area contributed by atoms with Crippen LogP contribution in [0.5, 0.6) is 0 Å². The molecule has 0 aromatic heterocycles. The number of hydrogen-bond donors (Lipinski definition) is 0. The fourth-order valence-electron chi connectivity index (χ4n) is 5.58. The highest BCUT2D eigenvalue weighted by molar-refractivity contribution is 7.96. The first-order chi connectivity index (χ1) is 16.2. The molecule has 0 unspecified atom stereocenters. The second kappa shape index (κ2) is 9.39. The van der Waals surface area contributed by atoms with Gasteiger partial charge in [0.1, 0.15) is 0 Å². The molecular weight excluding hydrogens is 474 g/mol. The van der Waals surface area contributed by atoms with Crippen LogP contribution in [-0.4, -0.2) is 44.7 Å². The van der Waals surface area contributed by atoms with Crippen LogP contribution in [0.25, 0.3) is 0 Å². The molecule has 1 saturated heterocycles. The molecule has 35 heavy (non-hydrogen) atoms. The first-order valence-electron chi connectivity index (χ1n) is 13.0. The smallest absolute Gasteiger partial charge is 0.192 e. The Kier molecular flexibility index (Phi) is 7.26. The predicted molar refractivity (Wildman–Crippen MR) is 145 cm³/mol. The molecule has 196 valence electrons. The van der Waals surface area contributed by atoms with Crippen molar-refractivity contribution in [2.24, 2.45) is 27.5 Å². The van der Waals surface area contributed by atoms with Gasteiger partial charge in [0.15, 0.2) is 14.1 Å². The second-order valence-corrected chi connectivity index (χ2v) is 20.1. The van der Waals surface area contributed by atoms with Crippen molar-refractivity contribution in [2.45, 2.75) is 88.8 Å². The third-order valence-corrected chi connectivity index (χ3v) is 15.2. The van der Waals surface area contributed by atoms with Crippen molar-refractivity contribution in [2.75, 3.05) is 20.3 Å². The Morgan fingerprint density at radius 3 is 2.31 bits per heavy atom. The summed E-state index contributed by atoms with van der Waals surface area (Å²) < 4.78 is 37.9. The molecule has 7 heteroatoms. The van der Waals surface area contributed by atoms with E-state index in [0.717, 1.165) is 37.4 Å². The number of fused-ring (bicyclic) bond motifs is 1. The molecule has 1 spiro atoms. The average Bonchev–Trinajstić information content (AvgIpc) is 3.28. The molecule has 0 amide bonds. The van der Waals surface area contributed by atoms with Crippen LogP contribution >= 0.6 is 0 Å². The molecule has 2 aliphatic carbocycles. The molecule has 5 atom stereocenters. The molecule has 4 rings (SSSR count). The van der Waals surface area contributed by atoms with Crippen molar-refractivity contribution >= 4 is 18.0 Å². The van der Waals surface area contributed by atoms with Gasteiger partial charge in [0.05, 0.1) is 33.9 Å². The van der Waals surface area contributed by atoms with E-state index in [1.807, 2.05) is 35.7 Å². The zero-order valence-corrected chi connectivity index (χ0v) is 24.7. The van der Waals surface area contributed by atoms with E-state index in [-0.39, 0.29) is 22.5 Å². The van der Waals surface area contributed by atoms with Gasteiger partial charge in [-0.25, -0.2) is 8.57 Å². The summed E-state index contributed by atoms with van der Waals surface area (Å²) in [5, 5.41) is 1.99. The minimum Gasteiger partial charge on any atom is -0.413 e.